The Bertz CT molecular complexity index is 507. The van der Waals surface area contributed by atoms with Gasteiger partial charge in [-0.1, -0.05) is 0 Å². The van der Waals surface area contributed by atoms with Crippen LogP contribution in [-0.2, 0) is 0 Å². The van der Waals surface area contributed by atoms with Gasteiger partial charge in [0.1, 0.15) is 11.5 Å². The smallest absolute Gasteiger partial charge is 0.166 e. The van der Waals surface area contributed by atoms with Crippen LogP contribution in [0.25, 0.3) is 5.69 Å². The van der Waals surface area contributed by atoms with Gasteiger partial charge in [0.25, 0.3) is 0 Å². The molecule has 0 aliphatic heterocycles. The van der Waals surface area contributed by atoms with Crippen LogP contribution in [0.2, 0.25) is 0 Å². The number of nitrogen functional groups attached to an aromatic ring is 1. The largest absolute Gasteiger partial charge is 0.381 e. The fourth-order valence-electron chi connectivity index (χ4n) is 1.18. The van der Waals surface area contributed by atoms with E-state index in [4.69, 9.17) is 5.73 Å². The number of benzene rings is 1. The van der Waals surface area contributed by atoms with E-state index in [0.717, 1.165) is 16.9 Å². The van der Waals surface area contributed by atoms with Crippen molar-refractivity contribution >= 4 is 5.82 Å². The van der Waals surface area contributed by atoms with E-state index in [1.54, 1.807) is 0 Å². The zero-order valence-electron chi connectivity index (χ0n) is 7.91. The molecule has 0 aliphatic rings. The van der Waals surface area contributed by atoms with Gasteiger partial charge in [-0.2, -0.15) is 5.10 Å². The summed E-state index contributed by atoms with van der Waals surface area (Å²) in [6, 6.07) is 2.12. The molecule has 0 saturated carbocycles. The minimum Gasteiger partial charge on any atom is -0.381 e. The standard InChI is InChI=1S/C9H8F2N4/c1-5-2-7(11)8(3-6(5)10)15-13-4-9(12)14-15/h2-4H,1H3,(H2,12,14). The number of rotatable bonds is 1. The van der Waals surface area contributed by atoms with E-state index in [1.807, 2.05) is 0 Å². The van der Waals surface area contributed by atoms with Crippen molar-refractivity contribution in [2.75, 3.05) is 5.73 Å². The topological polar surface area (TPSA) is 56.7 Å². The molecular formula is C9H8F2N4. The molecule has 4 nitrogen and oxygen atoms in total. The van der Waals surface area contributed by atoms with Gasteiger partial charge in [0, 0.05) is 6.07 Å². The van der Waals surface area contributed by atoms with Gasteiger partial charge in [0.2, 0.25) is 0 Å². The monoisotopic (exact) mass is 210 g/mol. The van der Waals surface area contributed by atoms with Crippen LogP contribution in [0.4, 0.5) is 14.6 Å². The van der Waals surface area contributed by atoms with Crippen LogP contribution in [0.5, 0.6) is 0 Å². The lowest BCUT2D eigenvalue weighted by atomic mass is 10.2. The van der Waals surface area contributed by atoms with Crippen LogP contribution in [0.15, 0.2) is 18.3 Å². The molecule has 1 heterocycles. The maximum Gasteiger partial charge on any atom is 0.166 e. The highest BCUT2D eigenvalue weighted by Crippen LogP contribution is 2.16. The lowest BCUT2D eigenvalue weighted by Gasteiger charge is -2.03. The molecular weight excluding hydrogens is 202 g/mol. The predicted molar refractivity (Wildman–Crippen MR) is 50.4 cm³/mol. The van der Waals surface area contributed by atoms with Crippen molar-refractivity contribution in [1.29, 1.82) is 0 Å². The average molecular weight is 210 g/mol. The Morgan fingerprint density at radius 2 is 2.00 bits per heavy atom. The number of anilines is 1. The first kappa shape index (κ1) is 9.57. The number of nitrogens with zero attached hydrogens (tertiary/aromatic N) is 3. The molecule has 6 heteroatoms. The second kappa shape index (κ2) is 3.30. The van der Waals surface area contributed by atoms with Crippen LogP contribution in [0, 0.1) is 18.6 Å². The van der Waals surface area contributed by atoms with Crippen LogP contribution >= 0.6 is 0 Å². The number of halogens is 2. The van der Waals surface area contributed by atoms with Crippen LogP contribution < -0.4 is 5.73 Å². The summed E-state index contributed by atoms with van der Waals surface area (Å²) in [7, 11) is 0. The summed E-state index contributed by atoms with van der Waals surface area (Å²) in [5.41, 5.74) is 5.50. The van der Waals surface area contributed by atoms with E-state index in [9.17, 15) is 8.78 Å². The van der Waals surface area contributed by atoms with Gasteiger partial charge in [0.15, 0.2) is 11.6 Å². The van der Waals surface area contributed by atoms with Crippen molar-refractivity contribution in [3.8, 4) is 5.69 Å². The molecule has 15 heavy (non-hydrogen) atoms. The highest BCUT2D eigenvalue weighted by atomic mass is 19.1. The first-order valence-electron chi connectivity index (χ1n) is 4.22. The molecule has 1 aromatic carbocycles. The molecule has 2 rings (SSSR count). The number of nitrogens with two attached hydrogens (primary N) is 1. The molecule has 1 aromatic heterocycles. The predicted octanol–water partition coefficient (Wildman–Crippen LogP) is 1.44. The van der Waals surface area contributed by atoms with Crippen molar-refractivity contribution in [3.63, 3.8) is 0 Å². The van der Waals surface area contributed by atoms with Gasteiger partial charge in [-0.15, -0.1) is 9.90 Å². The van der Waals surface area contributed by atoms with Gasteiger partial charge < -0.3 is 5.73 Å². The van der Waals surface area contributed by atoms with Gasteiger partial charge in [-0.3, -0.25) is 0 Å². The molecule has 0 radical (unpaired) electrons. The molecule has 0 fully saturated rings. The molecule has 2 aromatic rings. The van der Waals surface area contributed by atoms with Crippen molar-refractivity contribution in [2.24, 2.45) is 0 Å². The fraction of sp³-hybridized carbons (Fsp3) is 0.111. The first-order valence-corrected chi connectivity index (χ1v) is 4.22. The summed E-state index contributed by atoms with van der Waals surface area (Å²) in [6.07, 6.45) is 1.26. The fourth-order valence-corrected chi connectivity index (χ4v) is 1.18. The van der Waals surface area contributed by atoms with Crippen molar-refractivity contribution in [3.05, 3.63) is 35.5 Å². The second-order valence-electron chi connectivity index (χ2n) is 3.11. The lowest BCUT2D eigenvalue weighted by molar-refractivity contribution is 0.570. The Morgan fingerprint density at radius 3 is 2.60 bits per heavy atom. The Hall–Kier alpha value is -1.98. The quantitative estimate of drug-likeness (QED) is 0.774. The summed E-state index contributed by atoms with van der Waals surface area (Å²) in [5, 5.41) is 7.38. The zero-order valence-corrected chi connectivity index (χ0v) is 7.91. The van der Waals surface area contributed by atoms with Crippen molar-refractivity contribution in [1.82, 2.24) is 15.0 Å². The van der Waals surface area contributed by atoms with Gasteiger partial charge in [-0.25, -0.2) is 8.78 Å². The first-order chi connectivity index (χ1) is 7.08. The Kier molecular flexibility index (Phi) is 2.11. The normalized spacial score (nSPS) is 10.6. The number of hydrogen-bond donors (Lipinski definition) is 1. The Balaban J connectivity index is 2.58. The molecule has 0 saturated heterocycles. The molecule has 78 valence electrons. The Morgan fingerprint density at radius 1 is 1.27 bits per heavy atom. The number of aryl methyl sites for hydroxylation is 1. The molecule has 0 atom stereocenters. The Labute approximate surface area is 84.3 Å². The van der Waals surface area contributed by atoms with Gasteiger partial charge >= 0.3 is 0 Å². The molecule has 0 spiro atoms. The maximum atomic E-state index is 13.4. The third-order valence-electron chi connectivity index (χ3n) is 1.95. The molecule has 0 bridgehead atoms. The van der Waals surface area contributed by atoms with Crippen LogP contribution in [0.1, 0.15) is 5.56 Å². The van der Waals surface area contributed by atoms with Gasteiger partial charge in [0.05, 0.1) is 6.20 Å². The maximum absolute atomic E-state index is 13.4. The third kappa shape index (κ3) is 1.65. The van der Waals surface area contributed by atoms with Crippen molar-refractivity contribution < 1.29 is 8.78 Å². The van der Waals surface area contributed by atoms with Crippen molar-refractivity contribution in [2.45, 2.75) is 6.92 Å². The highest BCUT2D eigenvalue weighted by Gasteiger charge is 2.10. The highest BCUT2D eigenvalue weighted by molar-refractivity contribution is 5.36. The van der Waals surface area contributed by atoms with E-state index < -0.39 is 11.6 Å². The second-order valence-corrected chi connectivity index (χ2v) is 3.11. The molecule has 0 aliphatic carbocycles. The van der Waals surface area contributed by atoms with E-state index in [1.165, 1.54) is 13.1 Å². The van der Waals surface area contributed by atoms with Crippen LogP contribution in [-0.4, -0.2) is 15.0 Å². The van der Waals surface area contributed by atoms with E-state index in [0.29, 0.717) is 0 Å². The number of hydrogen-bond acceptors (Lipinski definition) is 3. The average Bonchev–Trinajstić information content (AvgIpc) is 2.58. The SMILES string of the molecule is Cc1cc(F)c(-n2ncc(N)n2)cc1F. The van der Waals surface area contributed by atoms with E-state index in [2.05, 4.69) is 10.2 Å². The summed E-state index contributed by atoms with van der Waals surface area (Å²) in [5.74, 6) is -0.956. The summed E-state index contributed by atoms with van der Waals surface area (Å²) < 4.78 is 26.6. The molecule has 2 N–H and O–H groups in total. The number of aromatic nitrogens is 3. The van der Waals surface area contributed by atoms with E-state index in [-0.39, 0.29) is 17.1 Å². The third-order valence-corrected chi connectivity index (χ3v) is 1.95. The zero-order chi connectivity index (χ0) is 11.0. The summed E-state index contributed by atoms with van der Waals surface area (Å²) >= 11 is 0. The van der Waals surface area contributed by atoms with E-state index >= 15 is 0 Å². The summed E-state index contributed by atoms with van der Waals surface area (Å²) in [6.45, 7) is 1.48. The minimum atomic E-state index is -0.593. The lowest BCUT2D eigenvalue weighted by Crippen LogP contribution is -2.04. The summed E-state index contributed by atoms with van der Waals surface area (Å²) in [4.78, 5) is 0.952. The van der Waals surface area contributed by atoms with Gasteiger partial charge in [-0.05, 0) is 18.6 Å². The molecule has 0 unspecified atom stereocenters. The minimum absolute atomic E-state index is 0.0604. The molecule has 0 amide bonds. The van der Waals surface area contributed by atoms with Crippen LogP contribution in [0.3, 0.4) is 0 Å².